The molecule has 0 saturated heterocycles. The molecule has 2 aromatic rings. The Bertz CT molecular complexity index is 563. The number of rotatable bonds is 7. The summed E-state index contributed by atoms with van der Waals surface area (Å²) in [7, 11) is 0. The highest BCUT2D eigenvalue weighted by molar-refractivity contribution is 5.36. The van der Waals surface area contributed by atoms with Gasteiger partial charge in [0, 0.05) is 6.54 Å². The first-order chi connectivity index (χ1) is 10.2. The molecule has 2 aromatic carbocycles. The third-order valence-electron chi connectivity index (χ3n) is 3.61. The number of benzene rings is 2. The highest BCUT2D eigenvalue weighted by atomic mass is 16.5. The maximum atomic E-state index is 6.08. The van der Waals surface area contributed by atoms with Gasteiger partial charge in [-0.25, -0.2) is 0 Å². The molecule has 0 fully saturated rings. The number of nitrogens with one attached hydrogen (secondary N) is 1. The molecule has 0 spiro atoms. The minimum atomic E-state index is 0.471. The molecule has 0 aliphatic heterocycles. The summed E-state index contributed by atoms with van der Waals surface area (Å²) in [5, 5.41) is 3.38. The van der Waals surface area contributed by atoms with Crippen LogP contribution < -0.4 is 10.1 Å². The summed E-state index contributed by atoms with van der Waals surface area (Å²) in [6.45, 7) is 9.00. The van der Waals surface area contributed by atoms with E-state index < -0.39 is 0 Å². The Morgan fingerprint density at radius 3 is 2.33 bits per heavy atom. The fourth-order valence-electron chi connectivity index (χ4n) is 2.37. The molecule has 2 heteroatoms. The van der Waals surface area contributed by atoms with Crippen LogP contribution in [0.4, 0.5) is 0 Å². The zero-order valence-corrected chi connectivity index (χ0v) is 13.2. The third kappa shape index (κ3) is 4.33. The van der Waals surface area contributed by atoms with Crippen molar-refractivity contribution in [2.24, 2.45) is 0 Å². The van der Waals surface area contributed by atoms with E-state index in [0.29, 0.717) is 12.5 Å². The zero-order chi connectivity index (χ0) is 15.1. The third-order valence-corrected chi connectivity index (χ3v) is 3.61. The predicted octanol–water partition coefficient (Wildman–Crippen LogP) is 4.50. The van der Waals surface area contributed by atoms with Gasteiger partial charge in [0.1, 0.15) is 12.4 Å². The van der Waals surface area contributed by atoms with E-state index in [1.54, 1.807) is 0 Å². The molecule has 1 N–H and O–H groups in total. The number of hydrogen-bond acceptors (Lipinski definition) is 2. The van der Waals surface area contributed by atoms with Crippen molar-refractivity contribution in [3.8, 4) is 5.75 Å². The topological polar surface area (TPSA) is 21.3 Å². The fraction of sp³-hybridized carbons (Fsp3) is 0.368. The van der Waals surface area contributed by atoms with Crippen molar-refractivity contribution < 1.29 is 4.74 Å². The maximum Gasteiger partial charge on any atom is 0.123 e. The summed E-state index contributed by atoms with van der Waals surface area (Å²) in [5.41, 5.74) is 3.82. The van der Waals surface area contributed by atoms with Crippen molar-refractivity contribution in [3.05, 3.63) is 65.2 Å². The highest BCUT2D eigenvalue weighted by Crippen LogP contribution is 2.26. The van der Waals surface area contributed by atoms with Gasteiger partial charge >= 0.3 is 0 Å². The largest absolute Gasteiger partial charge is 0.489 e. The Hall–Kier alpha value is -1.80. The lowest BCUT2D eigenvalue weighted by atomic mass is 10.0. The molecule has 112 valence electrons. The number of ether oxygens (including phenoxy) is 1. The van der Waals surface area contributed by atoms with Crippen LogP contribution in [0.15, 0.2) is 48.5 Å². The molecule has 0 unspecified atom stereocenters. The van der Waals surface area contributed by atoms with Gasteiger partial charge in [0.15, 0.2) is 0 Å². The van der Waals surface area contributed by atoms with Gasteiger partial charge < -0.3 is 10.1 Å². The average molecular weight is 283 g/mol. The van der Waals surface area contributed by atoms with Crippen LogP contribution in [-0.4, -0.2) is 6.54 Å². The van der Waals surface area contributed by atoms with Gasteiger partial charge in [-0.2, -0.15) is 0 Å². The molecule has 21 heavy (non-hydrogen) atoms. The normalized spacial score (nSPS) is 10.9. The van der Waals surface area contributed by atoms with Crippen molar-refractivity contribution in [1.82, 2.24) is 5.32 Å². The number of para-hydroxylation sites is 1. The van der Waals surface area contributed by atoms with Gasteiger partial charge in [-0.1, -0.05) is 63.2 Å². The first kappa shape index (κ1) is 15.6. The van der Waals surface area contributed by atoms with Crippen molar-refractivity contribution in [2.45, 2.75) is 39.8 Å². The van der Waals surface area contributed by atoms with E-state index in [0.717, 1.165) is 18.8 Å². The SMILES string of the molecule is CCNCc1ccccc1COc1ccccc1C(C)C. The summed E-state index contributed by atoms with van der Waals surface area (Å²) >= 11 is 0. The van der Waals surface area contributed by atoms with Crippen LogP contribution in [0.3, 0.4) is 0 Å². The molecular formula is C19H25NO. The van der Waals surface area contributed by atoms with Crippen molar-refractivity contribution in [1.29, 1.82) is 0 Å². The van der Waals surface area contributed by atoms with E-state index >= 15 is 0 Å². The molecule has 0 atom stereocenters. The van der Waals surface area contributed by atoms with E-state index in [2.05, 4.69) is 68.6 Å². The molecule has 0 aliphatic rings. The van der Waals surface area contributed by atoms with E-state index in [1.807, 2.05) is 6.07 Å². The van der Waals surface area contributed by atoms with E-state index in [1.165, 1.54) is 16.7 Å². The second kappa shape index (κ2) is 7.84. The second-order valence-electron chi connectivity index (χ2n) is 5.53. The summed E-state index contributed by atoms with van der Waals surface area (Å²) in [5.74, 6) is 1.46. The van der Waals surface area contributed by atoms with Crippen LogP contribution in [0.25, 0.3) is 0 Å². The molecule has 0 heterocycles. The quantitative estimate of drug-likeness (QED) is 0.808. The Balaban J connectivity index is 2.10. The standard InChI is InChI=1S/C19H25NO/c1-4-20-13-16-9-5-6-10-17(16)14-21-19-12-8-7-11-18(19)15(2)3/h5-12,15,20H,4,13-14H2,1-3H3. The molecule has 0 bridgehead atoms. The molecule has 0 amide bonds. The van der Waals surface area contributed by atoms with Crippen LogP contribution in [0.5, 0.6) is 5.75 Å². The monoisotopic (exact) mass is 283 g/mol. The molecule has 0 saturated carbocycles. The Morgan fingerprint density at radius 2 is 1.62 bits per heavy atom. The molecule has 0 aromatic heterocycles. The minimum absolute atomic E-state index is 0.471. The molecule has 0 aliphatic carbocycles. The van der Waals surface area contributed by atoms with Crippen molar-refractivity contribution >= 4 is 0 Å². The second-order valence-corrected chi connectivity index (χ2v) is 5.53. The zero-order valence-electron chi connectivity index (χ0n) is 13.2. The van der Waals surface area contributed by atoms with Gasteiger partial charge in [-0.05, 0) is 35.2 Å². The van der Waals surface area contributed by atoms with Gasteiger partial charge in [0.2, 0.25) is 0 Å². The average Bonchev–Trinajstić information content (AvgIpc) is 2.52. The van der Waals surface area contributed by atoms with E-state index in [-0.39, 0.29) is 0 Å². The van der Waals surface area contributed by atoms with Crippen LogP contribution >= 0.6 is 0 Å². The van der Waals surface area contributed by atoms with Crippen LogP contribution in [0.2, 0.25) is 0 Å². The number of hydrogen-bond donors (Lipinski definition) is 1. The van der Waals surface area contributed by atoms with Gasteiger partial charge in [-0.3, -0.25) is 0 Å². The molecule has 2 rings (SSSR count). The van der Waals surface area contributed by atoms with Crippen LogP contribution in [-0.2, 0) is 13.2 Å². The lowest BCUT2D eigenvalue weighted by Crippen LogP contribution is -2.14. The summed E-state index contributed by atoms with van der Waals surface area (Å²) < 4.78 is 6.08. The minimum Gasteiger partial charge on any atom is -0.489 e. The smallest absolute Gasteiger partial charge is 0.123 e. The van der Waals surface area contributed by atoms with Crippen molar-refractivity contribution in [2.75, 3.05) is 6.54 Å². The van der Waals surface area contributed by atoms with Gasteiger partial charge in [0.25, 0.3) is 0 Å². The first-order valence-electron chi connectivity index (χ1n) is 7.71. The first-order valence-corrected chi connectivity index (χ1v) is 7.71. The molecule has 2 nitrogen and oxygen atoms in total. The van der Waals surface area contributed by atoms with Gasteiger partial charge in [-0.15, -0.1) is 0 Å². The van der Waals surface area contributed by atoms with Crippen LogP contribution in [0.1, 0.15) is 43.4 Å². The predicted molar refractivity (Wildman–Crippen MR) is 88.7 cm³/mol. The Kier molecular flexibility index (Phi) is 5.82. The highest BCUT2D eigenvalue weighted by Gasteiger charge is 2.08. The Morgan fingerprint density at radius 1 is 0.952 bits per heavy atom. The summed E-state index contributed by atoms with van der Waals surface area (Å²) in [6, 6.07) is 16.8. The maximum absolute atomic E-state index is 6.08. The fourth-order valence-corrected chi connectivity index (χ4v) is 2.37. The lowest BCUT2D eigenvalue weighted by Gasteiger charge is -2.15. The molecule has 0 radical (unpaired) electrons. The summed E-state index contributed by atoms with van der Waals surface area (Å²) in [6.07, 6.45) is 0. The van der Waals surface area contributed by atoms with Gasteiger partial charge in [0.05, 0.1) is 0 Å². The summed E-state index contributed by atoms with van der Waals surface area (Å²) in [4.78, 5) is 0. The van der Waals surface area contributed by atoms with Crippen molar-refractivity contribution in [3.63, 3.8) is 0 Å². The molecular weight excluding hydrogens is 258 g/mol. The Labute approximate surface area is 128 Å². The van der Waals surface area contributed by atoms with E-state index in [4.69, 9.17) is 4.74 Å². The van der Waals surface area contributed by atoms with E-state index in [9.17, 15) is 0 Å². The lowest BCUT2D eigenvalue weighted by molar-refractivity contribution is 0.300. The van der Waals surface area contributed by atoms with Crippen LogP contribution in [0, 0.1) is 0 Å².